The van der Waals surface area contributed by atoms with E-state index in [1.54, 1.807) is 30.5 Å². The van der Waals surface area contributed by atoms with Crippen molar-refractivity contribution in [1.29, 1.82) is 0 Å². The molecule has 6 rings (SSSR count). The molecule has 11 nitrogen and oxygen atoms in total. The number of nitrogens with one attached hydrogen (secondary N) is 2. The van der Waals surface area contributed by atoms with Gasteiger partial charge in [0.15, 0.2) is 17.1 Å². The minimum atomic E-state index is -1.42. The van der Waals surface area contributed by atoms with Gasteiger partial charge in [0.25, 0.3) is 0 Å². The number of aliphatic hydroxyl groups is 1. The Morgan fingerprint density at radius 2 is 1.88 bits per heavy atom. The molecular formula is C29H25N9O2. The van der Waals surface area contributed by atoms with Gasteiger partial charge in [-0.15, -0.1) is 5.10 Å². The molecule has 1 aliphatic carbocycles. The maximum atomic E-state index is 13.8. The lowest BCUT2D eigenvalue weighted by Crippen LogP contribution is -2.51. The molecule has 0 radical (unpaired) electrons. The van der Waals surface area contributed by atoms with Crippen molar-refractivity contribution >= 4 is 28.6 Å². The minimum Gasteiger partial charge on any atom is -0.385 e. The van der Waals surface area contributed by atoms with Crippen LogP contribution in [0.4, 0.5) is 5.69 Å². The number of carbonyl (C=O) groups is 1. The predicted molar refractivity (Wildman–Crippen MR) is 150 cm³/mol. The highest BCUT2D eigenvalue weighted by atomic mass is 16.3. The summed E-state index contributed by atoms with van der Waals surface area (Å²) in [5.41, 5.74) is 6.58. The second-order valence-electron chi connectivity index (χ2n) is 9.49. The van der Waals surface area contributed by atoms with Crippen LogP contribution in [0.5, 0.6) is 0 Å². The number of aryl methyl sites for hydroxylation is 2. The van der Waals surface area contributed by atoms with E-state index in [0.717, 1.165) is 16.7 Å². The number of tetrazole rings is 1. The molecule has 4 aromatic rings. The molecule has 0 saturated heterocycles. The van der Waals surface area contributed by atoms with Crippen LogP contribution in [0.1, 0.15) is 28.2 Å². The van der Waals surface area contributed by atoms with Crippen LogP contribution in [0, 0.1) is 13.8 Å². The van der Waals surface area contributed by atoms with E-state index in [4.69, 9.17) is 0 Å². The van der Waals surface area contributed by atoms with Crippen LogP contribution in [0.25, 0.3) is 5.57 Å². The number of benzene rings is 2. The van der Waals surface area contributed by atoms with Crippen molar-refractivity contribution in [3.8, 4) is 0 Å². The third-order valence-corrected chi connectivity index (χ3v) is 7.02. The maximum absolute atomic E-state index is 13.8. The van der Waals surface area contributed by atoms with Crippen LogP contribution >= 0.6 is 0 Å². The summed E-state index contributed by atoms with van der Waals surface area (Å²) < 4.78 is 0. The molecule has 40 heavy (non-hydrogen) atoms. The second-order valence-corrected chi connectivity index (χ2v) is 9.49. The number of nitrogens with zero attached hydrogens (tertiary/aromatic N) is 7. The Kier molecular flexibility index (Phi) is 6.33. The number of hydrogen-bond acceptors (Lipinski definition) is 9. The molecule has 2 atom stereocenters. The number of allylic oxidation sites excluding steroid dienone is 2. The molecule has 0 spiro atoms. The number of hydrogen-bond donors (Lipinski definition) is 3. The Morgan fingerprint density at radius 1 is 1.05 bits per heavy atom. The molecule has 2 unspecified atom stereocenters. The van der Waals surface area contributed by atoms with Gasteiger partial charge in [0.1, 0.15) is 11.8 Å². The fourth-order valence-electron chi connectivity index (χ4n) is 4.66. The van der Waals surface area contributed by atoms with E-state index in [2.05, 4.69) is 41.2 Å². The summed E-state index contributed by atoms with van der Waals surface area (Å²) in [5.74, 6) is -0.231. The Hall–Kier alpha value is -5.29. The number of aliphatic hydroxyl groups excluding tert-OH is 1. The summed E-state index contributed by atoms with van der Waals surface area (Å²) in [5, 5.41) is 36.5. The molecule has 2 aromatic carbocycles. The fourth-order valence-corrected chi connectivity index (χ4v) is 4.66. The lowest BCUT2D eigenvalue weighted by atomic mass is 9.80. The van der Waals surface area contributed by atoms with Gasteiger partial charge in [0.2, 0.25) is 0 Å². The van der Waals surface area contributed by atoms with E-state index in [0.29, 0.717) is 17.0 Å². The van der Waals surface area contributed by atoms with Crippen LogP contribution in [-0.2, 0) is 10.3 Å². The Balaban J connectivity index is 1.43. The van der Waals surface area contributed by atoms with E-state index in [1.165, 1.54) is 5.01 Å². The summed E-state index contributed by atoms with van der Waals surface area (Å²) in [7, 11) is 0. The quantitative estimate of drug-likeness (QED) is 0.325. The third-order valence-electron chi connectivity index (χ3n) is 7.02. The van der Waals surface area contributed by atoms with Gasteiger partial charge in [-0.25, -0.2) is 5.10 Å². The highest BCUT2D eigenvalue weighted by Crippen LogP contribution is 2.36. The summed E-state index contributed by atoms with van der Waals surface area (Å²) in [6.45, 7) is 3.98. The number of hydrazone groups is 2. The highest BCUT2D eigenvalue weighted by Gasteiger charge is 2.45. The number of rotatable bonds is 6. The van der Waals surface area contributed by atoms with Crippen molar-refractivity contribution < 1.29 is 9.90 Å². The number of H-pyrrole nitrogens is 1. The first-order valence-electron chi connectivity index (χ1n) is 12.6. The van der Waals surface area contributed by atoms with Gasteiger partial charge in [-0.2, -0.15) is 15.2 Å². The van der Waals surface area contributed by atoms with Crippen molar-refractivity contribution in [1.82, 2.24) is 31.0 Å². The van der Waals surface area contributed by atoms with Gasteiger partial charge >= 0.3 is 5.91 Å². The number of aromatic nitrogens is 5. The van der Waals surface area contributed by atoms with Gasteiger partial charge in [-0.3, -0.25) is 15.2 Å². The Bertz CT molecular complexity index is 1680. The van der Waals surface area contributed by atoms with E-state index in [-0.39, 0.29) is 17.2 Å². The topological polar surface area (TPSA) is 145 Å². The van der Waals surface area contributed by atoms with Crippen molar-refractivity contribution in [2.75, 3.05) is 5.01 Å². The zero-order chi connectivity index (χ0) is 27.7. The molecule has 0 saturated carbocycles. The standard InChI is InChI=1S/C29H25N9O2/c1-18-13-14-21(17-19(18)2)38-27(40)25(24(34-38)23-12-6-7-16-30-23)31-35-29(28-32-36-37-33-28)15-8-11-22(26(29)39)20-9-4-3-5-10-20/h3-17,26,35,39H,1-2H3,(H,32,33,36,37). The Labute approximate surface area is 229 Å². The molecule has 1 amide bonds. The SMILES string of the molecule is Cc1ccc(N2N=C(c3ccccn3)C(=NNC3(c4nnn[nH]4)C=CC=C(c4ccccc4)C3O)C2=O)cc1C. The van der Waals surface area contributed by atoms with Gasteiger partial charge in [0, 0.05) is 6.20 Å². The van der Waals surface area contributed by atoms with Crippen LogP contribution in [0.3, 0.4) is 0 Å². The average molecular weight is 532 g/mol. The maximum Gasteiger partial charge on any atom is 0.301 e. The van der Waals surface area contributed by atoms with Gasteiger partial charge < -0.3 is 5.11 Å². The second kappa shape index (κ2) is 10.1. The van der Waals surface area contributed by atoms with Crippen molar-refractivity contribution in [2.45, 2.75) is 25.5 Å². The van der Waals surface area contributed by atoms with Crippen LogP contribution in [-0.4, -0.2) is 54.1 Å². The molecule has 2 aromatic heterocycles. The fraction of sp³-hybridized carbons (Fsp3) is 0.138. The van der Waals surface area contributed by atoms with E-state index >= 15 is 0 Å². The monoisotopic (exact) mass is 531 g/mol. The molecule has 3 N–H and O–H groups in total. The number of aromatic amines is 1. The predicted octanol–water partition coefficient (Wildman–Crippen LogP) is 2.82. The van der Waals surface area contributed by atoms with Crippen LogP contribution in [0.2, 0.25) is 0 Å². The van der Waals surface area contributed by atoms with E-state index in [9.17, 15) is 9.90 Å². The van der Waals surface area contributed by atoms with E-state index in [1.807, 2.05) is 74.5 Å². The molecule has 2 aliphatic rings. The van der Waals surface area contributed by atoms with Crippen LogP contribution < -0.4 is 10.4 Å². The number of carbonyl (C=O) groups excluding carboxylic acids is 1. The number of anilines is 1. The van der Waals surface area contributed by atoms with Gasteiger partial charge in [-0.1, -0.05) is 54.6 Å². The summed E-state index contributed by atoms with van der Waals surface area (Å²) in [6.07, 6.45) is 5.77. The van der Waals surface area contributed by atoms with Gasteiger partial charge in [0.05, 0.1) is 11.4 Å². The first-order chi connectivity index (χ1) is 19.5. The lowest BCUT2D eigenvalue weighted by Gasteiger charge is -2.36. The minimum absolute atomic E-state index is 0.0280. The molecule has 3 heterocycles. The van der Waals surface area contributed by atoms with Gasteiger partial charge in [-0.05, 0) is 76.9 Å². The van der Waals surface area contributed by atoms with Crippen molar-refractivity contribution in [3.63, 3.8) is 0 Å². The molecule has 0 fully saturated rings. The normalized spacial score (nSPS) is 21.5. The molecule has 198 valence electrons. The zero-order valence-electron chi connectivity index (χ0n) is 21.7. The largest absolute Gasteiger partial charge is 0.385 e. The zero-order valence-corrected chi connectivity index (χ0v) is 21.7. The smallest absolute Gasteiger partial charge is 0.301 e. The van der Waals surface area contributed by atoms with Crippen molar-refractivity contribution in [2.24, 2.45) is 10.2 Å². The van der Waals surface area contributed by atoms with Crippen LogP contribution in [0.15, 0.2) is 101 Å². The van der Waals surface area contributed by atoms with E-state index < -0.39 is 17.6 Å². The van der Waals surface area contributed by atoms with Crippen molar-refractivity contribution in [3.05, 3.63) is 119 Å². The first kappa shape index (κ1) is 25.0. The summed E-state index contributed by atoms with van der Waals surface area (Å²) >= 11 is 0. The Morgan fingerprint density at radius 3 is 2.60 bits per heavy atom. The average Bonchev–Trinajstić information content (AvgIpc) is 3.64. The molecule has 1 aliphatic heterocycles. The third kappa shape index (κ3) is 4.28. The lowest BCUT2D eigenvalue weighted by molar-refractivity contribution is -0.112. The molecule has 11 heteroatoms. The molecular weight excluding hydrogens is 506 g/mol. The number of amides is 1. The first-order valence-corrected chi connectivity index (χ1v) is 12.6. The summed E-state index contributed by atoms with van der Waals surface area (Å²) in [4.78, 5) is 18.2. The molecule has 0 bridgehead atoms. The summed E-state index contributed by atoms with van der Waals surface area (Å²) in [6, 6.07) is 20.5. The number of pyridine rings is 1. The highest BCUT2D eigenvalue weighted by molar-refractivity contribution is 6.74.